The van der Waals surface area contributed by atoms with E-state index in [1.165, 1.54) is 11.4 Å². The smallest absolute Gasteiger partial charge is 0.243 e. The van der Waals surface area contributed by atoms with Gasteiger partial charge in [-0.25, -0.2) is 13.3 Å². The van der Waals surface area contributed by atoms with E-state index in [1.54, 1.807) is 25.3 Å². The standard InChI is InChI=1S/C18H17ClF2N4O/c1-3-5-14-13(8-7-11(2)20)15(21)16-17(23-18(19)24-25(14)16)22-10-12-6-4-9-26-12/h4,6,9,11H,7-8,10H2,1-2H3,(H,22,23,24). The van der Waals surface area contributed by atoms with Crippen molar-refractivity contribution in [3.63, 3.8) is 0 Å². The van der Waals surface area contributed by atoms with Gasteiger partial charge in [-0.05, 0) is 56.3 Å². The summed E-state index contributed by atoms with van der Waals surface area (Å²) in [6.07, 6.45) is 0.878. The molecule has 3 aromatic heterocycles. The number of alkyl halides is 1. The van der Waals surface area contributed by atoms with E-state index < -0.39 is 12.0 Å². The minimum atomic E-state index is -1.05. The van der Waals surface area contributed by atoms with Crippen LogP contribution >= 0.6 is 11.6 Å². The van der Waals surface area contributed by atoms with Crippen LogP contribution in [0.25, 0.3) is 5.52 Å². The Labute approximate surface area is 154 Å². The maximum atomic E-state index is 15.1. The third-order valence-corrected chi connectivity index (χ3v) is 4.00. The molecule has 26 heavy (non-hydrogen) atoms. The predicted octanol–water partition coefficient (Wildman–Crippen LogP) is 4.39. The number of nitrogens with one attached hydrogen (secondary N) is 1. The predicted molar refractivity (Wildman–Crippen MR) is 95.4 cm³/mol. The van der Waals surface area contributed by atoms with Crippen LogP contribution in [0.3, 0.4) is 0 Å². The van der Waals surface area contributed by atoms with E-state index >= 15 is 4.39 Å². The fourth-order valence-corrected chi connectivity index (χ4v) is 2.82. The lowest BCUT2D eigenvalue weighted by molar-refractivity contribution is 0.340. The second kappa shape index (κ2) is 7.75. The van der Waals surface area contributed by atoms with E-state index in [1.807, 2.05) is 0 Å². The molecule has 5 nitrogen and oxygen atoms in total. The van der Waals surface area contributed by atoms with Crippen molar-refractivity contribution in [2.45, 2.75) is 39.4 Å². The van der Waals surface area contributed by atoms with E-state index in [-0.39, 0.29) is 29.5 Å². The number of hydrogen-bond acceptors (Lipinski definition) is 4. The van der Waals surface area contributed by atoms with Crippen LogP contribution in [-0.4, -0.2) is 20.8 Å². The minimum absolute atomic E-state index is 0.0565. The SMILES string of the molecule is CC#Cc1c(CCC(C)F)c(F)c2c(NCc3ccco3)nc(Cl)nn12. The van der Waals surface area contributed by atoms with E-state index in [9.17, 15) is 4.39 Å². The highest BCUT2D eigenvalue weighted by Crippen LogP contribution is 2.28. The maximum absolute atomic E-state index is 15.1. The van der Waals surface area contributed by atoms with Crippen molar-refractivity contribution < 1.29 is 13.2 Å². The third-order valence-electron chi connectivity index (χ3n) is 3.84. The summed E-state index contributed by atoms with van der Waals surface area (Å²) in [5, 5.41) is 7.03. The Kier molecular flexibility index (Phi) is 5.43. The first-order valence-electron chi connectivity index (χ1n) is 8.11. The highest BCUT2D eigenvalue weighted by molar-refractivity contribution is 6.28. The van der Waals surface area contributed by atoms with E-state index in [2.05, 4.69) is 27.2 Å². The molecule has 8 heteroatoms. The number of hydrogen-bond donors (Lipinski definition) is 1. The molecule has 0 aliphatic rings. The number of fused-ring (bicyclic) bond motifs is 1. The molecule has 3 rings (SSSR count). The Hall–Kier alpha value is -2.59. The highest BCUT2D eigenvalue weighted by atomic mass is 35.5. The quantitative estimate of drug-likeness (QED) is 0.646. The summed E-state index contributed by atoms with van der Waals surface area (Å²) in [5.74, 6) is 5.94. The Morgan fingerprint density at radius 1 is 1.46 bits per heavy atom. The van der Waals surface area contributed by atoms with E-state index in [0.29, 0.717) is 23.6 Å². The molecule has 0 saturated carbocycles. The molecule has 0 aliphatic carbocycles. The van der Waals surface area contributed by atoms with Gasteiger partial charge in [0.1, 0.15) is 17.0 Å². The van der Waals surface area contributed by atoms with Crippen molar-refractivity contribution >= 4 is 22.9 Å². The summed E-state index contributed by atoms with van der Waals surface area (Å²) >= 11 is 6.01. The Morgan fingerprint density at radius 2 is 2.27 bits per heavy atom. The molecule has 1 unspecified atom stereocenters. The Balaban J connectivity index is 2.10. The van der Waals surface area contributed by atoms with Crippen LogP contribution in [0, 0.1) is 17.7 Å². The van der Waals surface area contributed by atoms with Gasteiger partial charge in [0.25, 0.3) is 0 Å². The van der Waals surface area contributed by atoms with Gasteiger partial charge in [-0.3, -0.25) is 0 Å². The average Bonchev–Trinajstić information content (AvgIpc) is 3.19. The van der Waals surface area contributed by atoms with Gasteiger partial charge in [0.2, 0.25) is 5.28 Å². The number of rotatable bonds is 6. The zero-order chi connectivity index (χ0) is 18.7. The summed E-state index contributed by atoms with van der Waals surface area (Å²) in [5.41, 5.74) is 0.785. The fourth-order valence-electron chi connectivity index (χ4n) is 2.66. The molecule has 0 spiro atoms. The number of nitrogens with zero attached hydrogens (tertiary/aromatic N) is 3. The van der Waals surface area contributed by atoms with Gasteiger partial charge in [0, 0.05) is 5.56 Å². The van der Waals surface area contributed by atoms with Crippen LogP contribution in [0.4, 0.5) is 14.6 Å². The molecule has 1 atom stereocenters. The molecule has 0 bridgehead atoms. The van der Waals surface area contributed by atoms with Gasteiger partial charge in [-0.15, -0.1) is 5.10 Å². The summed E-state index contributed by atoms with van der Waals surface area (Å²) in [7, 11) is 0. The van der Waals surface area contributed by atoms with Gasteiger partial charge >= 0.3 is 0 Å². The number of aromatic nitrogens is 3. The van der Waals surface area contributed by atoms with Crippen molar-refractivity contribution in [3.05, 3.63) is 46.5 Å². The molecular formula is C18H17ClF2N4O. The van der Waals surface area contributed by atoms with Crippen LogP contribution in [0.2, 0.25) is 5.28 Å². The van der Waals surface area contributed by atoms with Crippen LogP contribution < -0.4 is 5.32 Å². The van der Waals surface area contributed by atoms with Crippen LogP contribution in [-0.2, 0) is 13.0 Å². The van der Waals surface area contributed by atoms with Crippen molar-refractivity contribution in [1.29, 1.82) is 0 Å². The summed E-state index contributed by atoms with van der Waals surface area (Å²) in [6.45, 7) is 3.37. The molecule has 3 heterocycles. The Morgan fingerprint density at radius 3 is 2.92 bits per heavy atom. The van der Waals surface area contributed by atoms with Crippen molar-refractivity contribution in [2.24, 2.45) is 0 Å². The second-order valence-electron chi connectivity index (χ2n) is 5.76. The van der Waals surface area contributed by atoms with Crippen LogP contribution in [0.15, 0.2) is 22.8 Å². The second-order valence-corrected chi connectivity index (χ2v) is 6.10. The van der Waals surface area contributed by atoms with Crippen LogP contribution in [0.1, 0.15) is 37.3 Å². The lowest BCUT2D eigenvalue weighted by atomic mass is 10.1. The van der Waals surface area contributed by atoms with E-state index in [4.69, 9.17) is 16.0 Å². The molecule has 0 aliphatic heterocycles. The van der Waals surface area contributed by atoms with Gasteiger partial charge < -0.3 is 9.73 Å². The molecule has 0 radical (unpaired) electrons. The molecule has 1 N–H and O–H groups in total. The first kappa shape index (κ1) is 18.2. The normalized spacial score (nSPS) is 12.0. The van der Waals surface area contributed by atoms with Gasteiger partial charge in [-0.1, -0.05) is 5.92 Å². The molecule has 3 aromatic rings. The lowest BCUT2D eigenvalue weighted by Gasteiger charge is -2.06. The Bertz CT molecular complexity index is 971. The number of anilines is 1. The zero-order valence-electron chi connectivity index (χ0n) is 14.3. The monoisotopic (exact) mass is 378 g/mol. The van der Waals surface area contributed by atoms with Crippen molar-refractivity contribution in [2.75, 3.05) is 5.32 Å². The number of furan rings is 1. The lowest BCUT2D eigenvalue weighted by Crippen LogP contribution is -2.06. The fraction of sp³-hybridized carbons (Fsp3) is 0.333. The largest absolute Gasteiger partial charge is 0.467 e. The summed E-state index contributed by atoms with van der Waals surface area (Å²) in [4.78, 5) is 4.09. The van der Waals surface area contributed by atoms with Crippen LogP contribution in [0.5, 0.6) is 0 Å². The van der Waals surface area contributed by atoms with Gasteiger partial charge in [0.15, 0.2) is 11.6 Å². The molecular weight excluding hydrogens is 362 g/mol. The summed E-state index contributed by atoms with van der Waals surface area (Å²) in [6, 6.07) is 3.53. The van der Waals surface area contributed by atoms with Gasteiger partial charge in [-0.2, -0.15) is 4.98 Å². The zero-order valence-corrected chi connectivity index (χ0v) is 15.1. The molecule has 0 fully saturated rings. The minimum Gasteiger partial charge on any atom is -0.467 e. The van der Waals surface area contributed by atoms with Crippen molar-refractivity contribution in [3.8, 4) is 11.8 Å². The average molecular weight is 379 g/mol. The van der Waals surface area contributed by atoms with E-state index in [0.717, 1.165) is 0 Å². The molecule has 0 saturated heterocycles. The topological polar surface area (TPSA) is 55.4 Å². The number of halogens is 3. The van der Waals surface area contributed by atoms with Crippen molar-refractivity contribution in [1.82, 2.24) is 14.6 Å². The first-order chi connectivity index (χ1) is 12.5. The molecule has 0 aromatic carbocycles. The summed E-state index contributed by atoms with van der Waals surface area (Å²) < 4.78 is 35.0. The maximum Gasteiger partial charge on any atom is 0.243 e. The van der Waals surface area contributed by atoms with Gasteiger partial charge in [0.05, 0.1) is 19.0 Å². The third kappa shape index (κ3) is 3.65. The first-order valence-corrected chi connectivity index (χ1v) is 8.48. The highest BCUT2D eigenvalue weighted by Gasteiger charge is 2.23. The molecule has 0 amide bonds. The molecule has 136 valence electrons.